The number of sulfonamides is 1. The van der Waals surface area contributed by atoms with Gasteiger partial charge in [-0.05, 0) is 55.0 Å². The Labute approximate surface area is 166 Å². The molecule has 0 aromatic heterocycles. The summed E-state index contributed by atoms with van der Waals surface area (Å²) in [6.07, 6.45) is 5.72. The molecular formula is C20H26N4O3S. The third kappa shape index (κ3) is 5.88. The van der Waals surface area contributed by atoms with Gasteiger partial charge in [0.1, 0.15) is 12.4 Å². The van der Waals surface area contributed by atoms with Gasteiger partial charge >= 0.3 is 0 Å². The van der Waals surface area contributed by atoms with E-state index in [9.17, 15) is 8.42 Å². The van der Waals surface area contributed by atoms with Crippen molar-refractivity contribution in [2.24, 2.45) is 10.7 Å². The van der Waals surface area contributed by atoms with Crippen molar-refractivity contribution in [1.82, 2.24) is 0 Å². The van der Waals surface area contributed by atoms with E-state index in [0.29, 0.717) is 30.5 Å². The maximum Gasteiger partial charge on any atom is 0.229 e. The first-order valence-corrected chi connectivity index (χ1v) is 11.2. The molecule has 1 aliphatic rings. The van der Waals surface area contributed by atoms with Crippen LogP contribution in [-0.2, 0) is 22.9 Å². The Morgan fingerprint density at radius 1 is 1.18 bits per heavy atom. The molecule has 150 valence electrons. The fraction of sp³-hybridized carbons (Fsp3) is 0.350. The summed E-state index contributed by atoms with van der Waals surface area (Å²) < 4.78 is 30.6. The van der Waals surface area contributed by atoms with Crippen molar-refractivity contribution >= 4 is 27.4 Å². The van der Waals surface area contributed by atoms with E-state index in [0.717, 1.165) is 24.8 Å². The van der Waals surface area contributed by atoms with Crippen molar-refractivity contribution in [2.75, 3.05) is 29.4 Å². The van der Waals surface area contributed by atoms with E-state index < -0.39 is 10.0 Å². The highest BCUT2D eigenvalue weighted by molar-refractivity contribution is 7.92. The number of hydrogen-bond donors (Lipinski definition) is 3. The minimum Gasteiger partial charge on any atom is -0.492 e. The fourth-order valence-corrected chi connectivity index (χ4v) is 3.82. The summed E-state index contributed by atoms with van der Waals surface area (Å²) >= 11 is 0. The first-order valence-electron chi connectivity index (χ1n) is 9.29. The molecule has 28 heavy (non-hydrogen) atoms. The number of fused-ring (bicyclic) bond motifs is 1. The number of nitrogens with zero attached hydrogens (tertiary/aromatic N) is 1. The Balaban J connectivity index is 1.52. The highest BCUT2D eigenvalue weighted by Crippen LogP contribution is 2.27. The monoisotopic (exact) mass is 402 g/mol. The zero-order chi connectivity index (χ0) is 20.0. The van der Waals surface area contributed by atoms with E-state index in [4.69, 9.17) is 10.5 Å². The average molecular weight is 403 g/mol. The minimum atomic E-state index is -3.32. The number of nitrogens with two attached hydrogens (primary N) is 1. The van der Waals surface area contributed by atoms with Crippen LogP contribution in [0.1, 0.15) is 24.0 Å². The SMILES string of the molecule is CS(=O)(=O)Nc1cccc(OCCN=C(N)Nc2cccc3c2CCCC3)c1. The van der Waals surface area contributed by atoms with Gasteiger partial charge < -0.3 is 15.8 Å². The van der Waals surface area contributed by atoms with Crippen LogP contribution in [0.25, 0.3) is 0 Å². The van der Waals surface area contributed by atoms with Crippen molar-refractivity contribution < 1.29 is 13.2 Å². The molecule has 0 atom stereocenters. The molecule has 0 aliphatic heterocycles. The number of aliphatic imine (C=N–C) groups is 1. The van der Waals surface area contributed by atoms with Gasteiger partial charge in [0.15, 0.2) is 5.96 Å². The Morgan fingerprint density at radius 2 is 1.96 bits per heavy atom. The Bertz CT molecular complexity index is 958. The first-order chi connectivity index (χ1) is 13.4. The smallest absolute Gasteiger partial charge is 0.229 e. The lowest BCUT2D eigenvalue weighted by Crippen LogP contribution is -2.25. The van der Waals surface area contributed by atoms with Crippen molar-refractivity contribution in [1.29, 1.82) is 0 Å². The molecule has 4 N–H and O–H groups in total. The lowest BCUT2D eigenvalue weighted by molar-refractivity contribution is 0.329. The molecule has 0 fully saturated rings. The van der Waals surface area contributed by atoms with Crippen LogP contribution in [0.5, 0.6) is 5.75 Å². The molecule has 7 nitrogen and oxygen atoms in total. The number of hydrogen-bond acceptors (Lipinski definition) is 4. The van der Waals surface area contributed by atoms with Crippen molar-refractivity contribution in [3.8, 4) is 5.75 Å². The molecule has 3 rings (SSSR count). The summed E-state index contributed by atoms with van der Waals surface area (Å²) in [5, 5.41) is 3.20. The van der Waals surface area contributed by atoms with Gasteiger partial charge in [0.05, 0.1) is 18.5 Å². The van der Waals surface area contributed by atoms with Crippen LogP contribution < -0.4 is 20.5 Å². The van der Waals surface area contributed by atoms with Crippen LogP contribution in [0.3, 0.4) is 0 Å². The summed E-state index contributed by atoms with van der Waals surface area (Å²) in [5.74, 6) is 0.919. The van der Waals surface area contributed by atoms with Crippen LogP contribution in [-0.4, -0.2) is 33.8 Å². The summed E-state index contributed by atoms with van der Waals surface area (Å²) in [7, 11) is -3.32. The normalized spacial score (nSPS) is 14.2. The predicted molar refractivity (Wildman–Crippen MR) is 114 cm³/mol. The fourth-order valence-electron chi connectivity index (χ4n) is 3.27. The summed E-state index contributed by atoms with van der Waals surface area (Å²) in [5.41, 5.74) is 10.2. The molecule has 0 bridgehead atoms. The van der Waals surface area contributed by atoms with Gasteiger partial charge in [-0.3, -0.25) is 4.72 Å². The molecule has 0 saturated heterocycles. The van der Waals surface area contributed by atoms with Crippen molar-refractivity contribution in [3.63, 3.8) is 0 Å². The van der Waals surface area contributed by atoms with Gasteiger partial charge in [0, 0.05) is 11.8 Å². The minimum absolute atomic E-state index is 0.331. The second-order valence-corrected chi connectivity index (χ2v) is 8.54. The van der Waals surface area contributed by atoms with Gasteiger partial charge in [0.2, 0.25) is 10.0 Å². The van der Waals surface area contributed by atoms with Crippen LogP contribution in [0.2, 0.25) is 0 Å². The standard InChI is InChI=1S/C20H26N4O3S/c1-28(25,26)24-16-8-5-9-17(14-16)27-13-12-22-20(21)23-19-11-4-7-15-6-2-3-10-18(15)19/h4-5,7-9,11,14,24H,2-3,6,10,12-13H2,1H3,(H3,21,22,23). The summed E-state index contributed by atoms with van der Waals surface area (Å²) in [4.78, 5) is 4.31. The highest BCUT2D eigenvalue weighted by Gasteiger charge is 2.13. The molecule has 0 heterocycles. The zero-order valence-electron chi connectivity index (χ0n) is 15.9. The predicted octanol–water partition coefficient (Wildman–Crippen LogP) is 2.74. The molecule has 0 saturated carbocycles. The van der Waals surface area contributed by atoms with Gasteiger partial charge in [0.25, 0.3) is 0 Å². The third-order valence-corrected chi connectivity index (χ3v) is 5.04. The van der Waals surface area contributed by atoms with Crippen LogP contribution >= 0.6 is 0 Å². The lowest BCUT2D eigenvalue weighted by atomic mass is 9.90. The first kappa shape index (κ1) is 20.0. The van der Waals surface area contributed by atoms with Gasteiger partial charge in [-0.25, -0.2) is 13.4 Å². The average Bonchev–Trinajstić information content (AvgIpc) is 2.64. The molecule has 1 aliphatic carbocycles. The number of aryl methyl sites for hydroxylation is 1. The summed E-state index contributed by atoms with van der Waals surface area (Å²) in [6, 6.07) is 13.0. The van der Waals surface area contributed by atoms with Gasteiger partial charge in [-0.2, -0.15) is 0 Å². The van der Waals surface area contributed by atoms with Crippen LogP contribution in [0.15, 0.2) is 47.5 Å². The number of guanidine groups is 1. The van der Waals surface area contributed by atoms with Gasteiger partial charge in [-0.1, -0.05) is 18.2 Å². The van der Waals surface area contributed by atoms with E-state index in [1.165, 1.54) is 24.0 Å². The lowest BCUT2D eigenvalue weighted by Gasteiger charge is -2.19. The number of nitrogens with one attached hydrogen (secondary N) is 2. The van der Waals surface area contributed by atoms with Crippen molar-refractivity contribution in [3.05, 3.63) is 53.6 Å². The van der Waals surface area contributed by atoms with Crippen LogP contribution in [0.4, 0.5) is 11.4 Å². The maximum absolute atomic E-state index is 11.3. The Hall–Kier alpha value is -2.74. The van der Waals surface area contributed by atoms with Crippen molar-refractivity contribution in [2.45, 2.75) is 25.7 Å². The van der Waals surface area contributed by atoms with Crippen LogP contribution in [0, 0.1) is 0 Å². The van der Waals surface area contributed by atoms with E-state index in [2.05, 4.69) is 21.1 Å². The quantitative estimate of drug-likeness (QED) is 0.375. The molecule has 0 amide bonds. The molecule has 0 spiro atoms. The number of ether oxygens (including phenoxy) is 1. The van der Waals surface area contributed by atoms with E-state index in [-0.39, 0.29) is 0 Å². The second kappa shape index (κ2) is 8.97. The van der Waals surface area contributed by atoms with E-state index in [1.807, 2.05) is 12.1 Å². The molecule has 0 radical (unpaired) electrons. The molecular weight excluding hydrogens is 376 g/mol. The Kier molecular flexibility index (Phi) is 6.41. The van der Waals surface area contributed by atoms with E-state index >= 15 is 0 Å². The largest absolute Gasteiger partial charge is 0.492 e. The van der Waals surface area contributed by atoms with E-state index in [1.54, 1.807) is 24.3 Å². The molecule has 2 aromatic rings. The highest BCUT2D eigenvalue weighted by atomic mass is 32.2. The zero-order valence-corrected chi connectivity index (χ0v) is 16.8. The molecule has 0 unspecified atom stereocenters. The number of anilines is 2. The topological polar surface area (TPSA) is 106 Å². The second-order valence-electron chi connectivity index (χ2n) is 6.79. The number of benzene rings is 2. The molecule has 8 heteroatoms. The molecule has 2 aromatic carbocycles. The number of rotatable bonds is 7. The Morgan fingerprint density at radius 3 is 2.79 bits per heavy atom. The summed E-state index contributed by atoms with van der Waals surface area (Å²) in [6.45, 7) is 0.717. The van der Waals surface area contributed by atoms with Gasteiger partial charge in [-0.15, -0.1) is 0 Å². The maximum atomic E-state index is 11.3. The third-order valence-electron chi connectivity index (χ3n) is 4.44.